The van der Waals surface area contributed by atoms with Crippen molar-refractivity contribution in [3.05, 3.63) is 0 Å². The first-order valence-corrected chi connectivity index (χ1v) is 6.37. The van der Waals surface area contributed by atoms with E-state index in [4.69, 9.17) is 10.5 Å². The molecule has 0 aliphatic carbocycles. The molecule has 1 aliphatic heterocycles. The Morgan fingerprint density at radius 1 is 1.27 bits per heavy atom. The van der Waals surface area contributed by atoms with Crippen LogP contribution in [0.15, 0.2) is 0 Å². The van der Waals surface area contributed by atoms with Crippen LogP contribution in [0.2, 0.25) is 0 Å². The second-order valence-corrected chi connectivity index (χ2v) is 4.45. The van der Waals surface area contributed by atoms with Crippen LogP contribution in [0.3, 0.4) is 0 Å². The van der Waals surface area contributed by atoms with Crippen molar-refractivity contribution < 1.29 is 4.74 Å². The molecule has 1 atom stereocenters. The topological polar surface area (TPSA) is 38.5 Å². The lowest BCUT2D eigenvalue weighted by Gasteiger charge is -2.27. The van der Waals surface area contributed by atoms with Gasteiger partial charge < -0.3 is 10.5 Å². The highest BCUT2D eigenvalue weighted by atomic mass is 16.5. The predicted molar refractivity (Wildman–Crippen MR) is 63.9 cm³/mol. The zero-order valence-corrected chi connectivity index (χ0v) is 10.1. The molecule has 1 aliphatic rings. The van der Waals surface area contributed by atoms with Gasteiger partial charge in [0.1, 0.15) is 0 Å². The fraction of sp³-hybridized carbons (Fsp3) is 1.00. The summed E-state index contributed by atoms with van der Waals surface area (Å²) in [6.07, 6.45) is 5.13. The molecule has 1 unspecified atom stereocenters. The van der Waals surface area contributed by atoms with E-state index in [1.165, 1.54) is 32.2 Å². The van der Waals surface area contributed by atoms with Crippen molar-refractivity contribution in [2.75, 3.05) is 39.4 Å². The number of morpholine rings is 1. The lowest BCUT2D eigenvalue weighted by atomic mass is 9.96. The van der Waals surface area contributed by atoms with E-state index >= 15 is 0 Å². The summed E-state index contributed by atoms with van der Waals surface area (Å²) in [6.45, 7) is 8.43. The summed E-state index contributed by atoms with van der Waals surface area (Å²) >= 11 is 0. The van der Waals surface area contributed by atoms with Crippen LogP contribution in [0.1, 0.15) is 32.6 Å². The monoisotopic (exact) mass is 214 g/mol. The van der Waals surface area contributed by atoms with Gasteiger partial charge in [0.25, 0.3) is 0 Å². The first-order valence-electron chi connectivity index (χ1n) is 6.37. The molecule has 1 saturated heterocycles. The summed E-state index contributed by atoms with van der Waals surface area (Å²) in [5.74, 6) is 0.844. The minimum absolute atomic E-state index is 0.843. The number of nitrogens with zero attached hydrogens (tertiary/aromatic N) is 1. The zero-order chi connectivity index (χ0) is 10.9. The van der Waals surface area contributed by atoms with Crippen LogP contribution in [-0.2, 0) is 4.74 Å². The first-order chi connectivity index (χ1) is 7.36. The average Bonchev–Trinajstić information content (AvgIpc) is 2.29. The quantitative estimate of drug-likeness (QED) is 0.697. The van der Waals surface area contributed by atoms with Gasteiger partial charge in [-0.1, -0.05) is 13.3 Å². The van der Waals surface area contributed by atoms with E-state index in [0.717, 1.165) is 38.8 Å². The van der Waals surface area contributed by atoms with Crippen LogP contribution >= 0.6 is 0 Å². The minimum atomic E-state index is 0.843. The Balaban J connectivity index is 2.03. The highest BCUT2D eigenvalue weighted by Crippen LogP contribution is 2.15. The fourth-order valence-corrected chi connectivity index (χ4v) is 2.22. The third-order valence-corrected chi connectivity index (χ3v) is 3.34. The van der Waals surface area contributed by atoms with E-state index < -0.39 is 0 Å². The second-order valence-electron chi connectivity index (χ2n) is 4.45. The molecule has 3 nitrogen and oxygen atoms in total. The van der Waals surface area contributed by atoms with E-state index in [1.807, 2.05) is 0 Å². The Hall–Kier alpha value is -0.120. The van der Waals surface area contributed by atoms with E-state index in [-0.39, 0.29) is 0 Å². The molecule has 2 N–H and O–H groups in total. The molecule has 0 aromatic rings. The maximum atomic E-state index is 5.59. The van der Waals surface area contributed by atoms with Gasteiger partial charge in [-0.3, -0.25) is 4.90 Å². The van der Waals surface area contributed by atoms with Gasteiger partial charge in [-0.15, -0.1) is 0 Å². The Kier molecular flexibility index (Phi) is 6.98. The van der Waals surface area contributed by atoms with Crippen LogP contribution < -0.4 is 5.73 Å². The summed E-state index contributed by atoms with van der Waals surface area (Å²) in [6, 6.07) is 0. The Morgan fingerprint density at radius 2 is 2.00 bits per heavy atom. The summed E-state index contributed by atoms with van der Waals surface area (Å²) in [7, 11) is 0. The van der Waals surface area contributed by atoms with Gasteiger partial charge in [0.2, 0.25) is 0 Å². The lowest BCUT2D eigenvalue weighted by molar-refractivity contribution is 0.0366. The van der Waals surface area contributed by atoms with Gasteiger partial charge in [0, 0.05) is 13.1 Å². The van der Waals surface area contributed by atoms with Crippen LogP contribution in [0.25, 0.3) is 0 Å². The molecule has 0 saturated carbocycles. The third-order valence-electron chi connectivity index (χ3n) is 3.34. The number of hydrogen-bond donors (Lipinski definition) is 1. The van der Waals surface area contributed by atoms with Crippen molar-refractivity contribution in [3.63, 3.8) is 0 Å². The fourth-order valence-electron chi connectivity index (χ4n) is 2.22. The zero-order valence-electron chi connectivity index (χ0n) is 10.1. The molecule has 1 fully saturated rings. The highest BCUT2D eigenvalue weighted by molar-refractivity contribution is 4.64. The van der Waals surface area contributed by atoms with Crippen LogP contribution in [0.4, 0.5) is 0 Å². The Labute approximate surface area is 94.0 Å². The van der Waals surface area contributed by atoms with E-state index in [1.54, 1.807) is 0 Å². The number of rotatable bonds is 7. The van der Waals surface area contributed by atoms with Gasteiger partial charge in [0.05, 0.1) is 13.2 Å². The molecular formula is C12H26N2O. The minimum Gasteiger partial charge on any atom is -0.379 e. The number of ether oxygens (including phenoxy) is 1. The maximum absolute atomic E-state index is 5.59. The molecule has 15 heavy (non-hydrogen) atoms. The molecule has 0 bridgehead atoms. The van der Waals surface area contributed by atoms with Crippen molar-refractivity contribution in [1.29, 1.82) is 0 Å². The molecule has 90 valence electrons. The summed E-state index contributed by atoms with van der Waals surface area (Å²) in [4.78, 5) is 2.51. The molecule has 3 heteroatoms. The molecule has 0 aromatic heterocycles. The number of hydrogen-bond acceptors (Lipinski definition) is 3. The van der Waals surface area contributed by atoms with Crippen molar-refractivity contribution in [2.24, 2.45) is 11.7 Å². The highest BCUT2D eigenvalue weighted by Gasteiger charge is 2.11. The van der Waals surface area contributed by atoms with Crippen LogP contribution in [-0.4, -0.2) is 44.3 Å². The largest absolute Gasteiger partial charge is 0.379 e. The first kappa shape index (κ1) is 12.9. The molecule has 0 radical (unpaired) electrons. The van der Waals surface area contributed by atoms with E-state index in [2.05, 4.69) is 11.8 Å². The van der Waals surface area contributed by atoms with Gasteiger partial charge >= 0.3 is 0 Å². The molecule has 0 amide bonds. The van der Waals surface area contributed by atoms with E-state index in [9.17, 15) is 0 Å². The van der Waals surface area contributed by atoms with Gasteiger partial charge in [-0.25, -0.2) is 0 Å². The van der Waals surface area contributed by atoms with Gasteiger partial charge in [0.15, 0.2) is 0 Å². The van der Waals surface area contributed by atoms with Crippen molar-refractivity contribution in [3.8, 4) is 0 Å². The SMILES string of the molecule is CCC(CCN)CCCN1CCOCC1. The normalized spacial score (nSPS) is 20.4. The molecule has 0 spiro atoms. The third kappa shape index (κ3) is 5.50. The van der Waals surface area contributed by atoms with E-state index in [0.29, 0.717) is 0 Å². The molecular weight excluding hydrogens is 188 g/mol. The second kappa shape index (κ2) is 8.08. The number of nitrogens with two attached hydrogens (primary N) is 1. The van der Waals surface area contributed by atoms with Crippen molar-refractivity contribution >= 4 is 0 Å². The Morgan fingerprint density at radius 3 is 2.60 bits per heavy atom. The maximum Gasteiger partial charge on any atom is 0.0594 e. The summed E-state index contributed by atoms with van der Waals surface area (Å²) < 4.78 is 5.33. The van der Waals surface area contributed by atoms with Gasteiger partial charge in [-0.2, -0.15) is 0 Å². The summed E-state index contributed by atoms with van der Waals surface area (Å²) in [5, 5.41) is 0. The standard InChI is InChI=1S/C12H26N2O/c1-2-12(5-6-13)4-3-7-14-8-10-15-11-9-14/h12H,2-11,13H2,1H3. The molecule has 0 aromatic carbocycles. The van der Waals surface area contributed by atoms with Crippen LogP contribution in [0.5, 0.6) is 0 Å². The molecule has 1 rings (SSSR count). The van der Waals surface area contributed by atoms with Crippen LogP contribution in [0, 0.1) is 5.92 Å². The molecule has 1 heterocycles. The van der Waals surface area contributed by atoms with Crippen molar-refractivity contribution in [1.82, 2.24) is 4.90 Å². The lowest BCUT2D eigenvalue weighted by Crippen LogP contribution is -2.36. The summed E-state index contributed by atoms with van der Waals surface area (Å²) in [5.41, 5.74) is 5.59. The van der Waals surface area contributed by atoms with Crippen molar-refractivity contribution in [2.45, 2.75) is 32.6 Å². The van der Waals surface area contributed by atoms with Gasteiger partial charge in [-0.05, 0) is 38.3 Å². The Bertz CT molecular complexity index is 142. The average molecular weight is 214 g/mol. The smallest absolute Gasteiger partial charge is 0.0594 e. The predicted octanol–water partition coefficient (Wildman–Crippen LogP) is 1.47.